The predicted molar refractivity (Wildman–Crippen MR) is 106 cm³/mol. The first-order valence-corrected chi connectivity index (χ1v) is 9.23. The Labute approximate surface area is 154 Å². The number of guanidine groups is 1. The fraction of sp³-hybridized carbons (Fsp3) is 0.444. The molecule has 2 rings (SSSR count). The van der Waals surface area contributed by atoms with Gasteiger partial charge in [0.1, 0.15) is 5.75 Å². The van der Waals surface area contributed by atoms with Crippen molar-refractivity contribution < 1.29 is 4.74 Å². The number of rotatable bonds is 8. The molecule has 0 aliphatic rings. The maximum atomic E-state index is 5.79. The SMILES string of the molecule is CN=C(NCCCOc1ccccc1C)NCc1csc(N(C)C)n1. The molecule has 0 amide bonds. The van der Waals surface area contributed by atoms with Crippen molar-refractivity contribution in [2.45, 2.75) is 19.9 Å². The summed E-state index contributed by atoms with van der Waals surface area (Å²) < 4.78 is 5.79. The van der Waals surface area contributed by atoms with Crippen molar-refractivity contribution in [3.05, 3.63) is 40.9 Å². The van der Waals surface area contributed by atoms with E-state index < -0.39 is 0 Å². The van der Waals surface area contributed by atoms with Crippen LogP contribution in [0, 0.1) is 6.92 Å². The van der Waals surface area contributed by atoms with Crippen molar-refractivity contribution in [3.8, 4) is 5.75 Å². The largest absolute Gasteiger partial charge is 0.493 e. The molecule has 2 aromatic rings. The molecule has 0 atom stereocenters. The minimum atomic E-state index is 0.656. The molecule has 0 unspecified atom stereocenters. The lowest BCUT2D eigenvalue weighted by Gasteiger charge is -2.12. The lowest BCUT2D eigenvalue weighted by atomic mass is 10.2. The van der Waals surface area contributed by atoms with Gasteiger partial charge in [-0.05, 0) is 25.0 Å². The molecule has 0 fully saturated rings. The number of aromatic nitrogens is 1. The van der Waals surface area contributed by atoms with Crippen molar-refractivity contribution in [1.29, 1.82) is 0 Å². The first kappa shape index (κ1) is 19.1. The van der Waals surface area contributed by atoms with Crippen LogP contribution in [-0.4, -0.2) is 45.2 Å². The Bertz CT molecular complexity index is 684. The summed E-state index contributed by atoms with van der Waals surface area (Å²) in [5.41, 5.74) is 2.17. The van der Waals surface area contributed by atoms with E-state index >= 15 is 0 Å². The monoisotopic (exact) mass is 361 g/mol. The molecule has 2 N–H and O–H groups in total. The van der Waals surface area contributed by atoms with Crippen LogP contribution < -0.4 is 20.3 Å². The van der Waals surface area contributed by atoms with Crippen molar-refractivity contribution >= 4 is 22.4 Å². The number of ether oxygens (including phenoxy) is 1. The summed E-state index contributed by atoms with van der Waals surface area (Å²) in [4.78, 5) is 10.8. The van der Waals surface area contributed by atoms with Gasteiger partial charge < -0.3 is 20.3 Å². The van der Waals surface area contributed by atoms with E-state index in [-0.39, 0.29) is 0 Å². The maximum absolute atomic E-state index is 5.79. The van der Waals surface area contributed by atoms with Gasteiger partial charge in [-0.1, -0.05) is 18.2 Å². The average Bonchev–Trinajstić information content (AvgIpc) is 3.08. The van der Waals surface area contributed by atoms with E-state index in [2.05, 4.69) is 39.0 Å². The molecular weight excluding hydrogens is 334 g/mol. The van der Waals surface area contributed by atoms with Crippen LogP contribution in [0.15, 0.2) is 34.6 Å². The standard InChI is InChI=1S/C18H27N5OS/c1-14-8-5-6-9-16(14)24-11-7-10-20-17(19-2)21-12-15-13-25-18(22-15)23(3)4/h5-6,8-9,13H,7,10-12H2,1-4H3,(H2,19,20,21). The molecule has 0 radical (unpaired) electrons. The van der Waals surface area contributed by atoms with Crippen molar-refractivity contribution in [1.82, 2.24) is 15.6 Å². The van der Waals surface area contributed by atoms with Gasteiger partial charge in [-0.15, -0.1) is 11.3 Å². The third kappa shape index (κ3) is 6.26. The molecular formula is C18H27N5OS. The smallest absolute Gasteiger partial charge is 0.191 e. The van der Waals surface area contributed by atoms with Crippen LogP contribution in [0.2, 0.25) is 0 Å². The van der Waals surface area contributed by atoms with Crippen LogP contribution in [0.5, 0.6) is 5.75 Å². The van der Waals surface area contributed by atoms with E-state index in [0.29, 0.717) is 13.2 Å². The van der Waals surface area contributed by atoms with E-state index in [9.17, 15) is 0 Å². The molecule has 25 heavy (non-hydrogen) atoms. The maximum Gasteiger partial charge on any atom is 0.191 e. The number of aryl methyl sites for hydroxylation is 1. The van der Waals surface area contributed by atoms with Crippen molar-refractivity contribution in [2.75, 3.05) is 39.2 Å². The molecule has 1 heterocycles. The van der Waals surface area contributed by atoms with E-state index in [1.54, 1.807) is 18.4 Å². The zero-order valence-corrected chi connectivity index (χ0v) is 16.2. The van der Waals surface area contributed by atoms with Gasteiger partial charge in [0.15, 0.2) is 11.1 Å². The summed E-state index contributed by atoms with van der Waals surface area (Å²) in [5.74, 6) is 1.72. The summed E-state index contributed by atoms with van der Waals surface area (Å²) in [7, 11) is 5.76. The molecule has 0 saturated heterocycles. The van der Waals surface area contributed by atoms with Crippen LogP contribution in [0.1, 0.15) is 17.7 Å². The minimum absolute atomic E-state index is 0.656. The van der Waals surface area contributed by atoms with Crippen molar-refractivity contribution in [3.63, 3.8) is 0 Å². The molecule has 1 aromatic carbocycles. The quantitative estimate of drug-likeness (QED) is 0.430. The van der Waals surface area contributed by atoms with Gasteiger partial charge >= 0.3 is 0 Å². The number of thiazole rings is 1. The molecule has 0 aliphatic carbocycles. The Morgan fingerprint density at radius 1 is 1.28 bits per heavy atom. The highest BCUT2D eigenvalue weighted by Crippen LogP contribution is 2.17. The highest BCUT2D eigenvalue weighted by atomic mass is 32.1. The molecule has 1 aromatic heterocycles. The van der Waals surface area contributed by atoms with Crippen LogP contribution >= 0.6 is 11.3 Å². The zero-order valence-electron chi connectivity index (χ0n) is 15.4. The van der Waals surface area contributed by atoms with E-state index in [1.807, 2.05) is 37.2 Å². The molecule has 0 spiro atoms. The van der Waals surface area contributed by atoms with Crippen LogP contribution in [0.25, 0.3) is 0 Å². The number of nitrogens with zero attached hydrogens (tertiary/aromatic N) is 3. The number of hydrogen-bond acceptors (Lipinski definition) is 5. The van der Waals surface area contributed by atoms with Crippen molar-refractivity contribution in [2.24, 2.45) is 4.99 Å². The fourth-order valence-corrected chi connectivity index (χ4v) is 2.92. The lowest BCUT2D eigenvalue weighted by Crippen LogP contribution is -2.37. The van der Waals surface area contributed by atoms with E-state index in [4.69, 9.17) is 4.74 Å². The van der Waals surface area contributed by atoms with Crippen LogP contribution in [-0.2, 0) is 6.54 Å². The number of benzene rings is 1. The minimum Gasteiger partial charge on any atom is -0.493 e. The third-order valence-corrected chi connectivity index (χ3v) is 4.60. The Balaban J connectivity index is 1.65. The third-order valence-electron chi connectivity index (χ3n) is 3.55. The molecule has 0 saturated carbocycles. The van der Waals surface area contributed by atoms with E-state index in [1.165, 1.54) is 0 Å². The molecule has 0 bridgehead atoms. The Morgan fingerprint density at radius 3 is 2.76 bits per heavy atom. The molecule has 0 aliphatic heterocycles. The van der Waals surface area contributed by atoms with Gasteiger partial charge in [-0.2, -0.15) is 0 Å². The van der Waals surface area contributed by atoms with E-state index in [0.717, 1.165) is 41.1 Å². The fourth-order valence-electron chi connectivity index (χ4n) is 2.16. The van der Waals surface area contributed by atoms with Gasteiger partial charge in [0, 0.05) is 33.1 Å². The topological polar surface area (TPSA) is 61.8 Å². The second-order valence-electron chi connectivity index (χ2n) is 5.84. The summed E-state index contributed by atoms with van der Waals surface area (Å²) >= 11 is 1.64. The molecule has 136 valence electrons. The van der Waals surface area contributed by atoms with Gasteiger partial charge in [0.05, 0.1) is 18.8 Å². The molecule has 7 heteroatoms. The van der Waals surface area contributed by atoms with Gasteiger partial charge in [0.2, 0.25) is 0 Å². The highest BCUT2D eigenvalue weighted by Gasteiger charge is 2.04. The number of para-hydroxylation sites is 1. The van der Waals surface area contributed by atoms with Gasteiger partial charge in [-0.25, -0.2) is 4.98 Å². The number of nitrogens with one attached hydrogen (secondary N) is 2. The summed E-state index contributed by atoms with van der Waals surface area (Å²) in [5, 5.41) is 9.64. The first-order valence-electron chi connectivity index (χ1n) is 8.35. The Morgan fingerprint density at radius 2 is 2.08 bits per heavy atom. The number of hydrogen-bond donors (Lipinski definition) is 2. The second kappa shape index (κ2) is 9.88. The number of anilines is 1. The molecule has 6 nitrogen and oxygen atoms in total. The second-order valence-corrected chi connectivity index (χ2v) is 6.67. The summed E-state index contributed by atoms with van der Waals surface area (Å²) in [6.45, 7) is 4.18. The van der Waals surface area contributed by atoms with Gasteiger partial charge in [0.25, 0.3) is 0 Å². The summed E-state index contributed by atoms with van der Waals surface area (Å²) in [6, 6.07) is 8.06. The average molecular weight is 362 g/mol. The van der Waals surface area contributed by atoms with Gasteiger partial charge in [-0.3, -0.25) is 4.99 Å². The number of aliphatic imine (C=N–C) groups is 1. The Hall–Kier alpha value is -2.28. The summed E-state index contributed by atoms with van der Waals surface area (Å²) in [6.07, 6.45) is 0.899. The first-order chi connectivity index (χ1) is 12.1. The lowest BCUT2D eigenvalue weighted by molar-refractivity contribution is 0.309. The Kier molecular flexibility index (Phi) is 7.53. The zero-order chi connectivity index (χ0) is 18.1. The normalized spacial score (nSPS) is 11.3. The van der Waals surface area contributed by atoms with Crippen LogP contribution in [0.4, 0.5) is 5.13 Å². The predicted octanol–water partition coefficient (Wildman–Crippen LogP) is 2.65. The highest BCUT2D eigenvalue weighted by molar-refractivity contribution is 7.13. The van der Waals surface area contributed by atoms with Crippen LogP contribution in [0.3, 0.4) is 0 Å².